The predicted octanol–water partition coefficient (Wildman–Crippen LogP) is 6.53. The van der Waals surface area contributed by atoms with Crippen LogP contribution in [0, 0.1) is 5.41 Å². The molecule has 0 N–H and O–H groups in total. The largest absolute Gasteiger partial charge is 0.546 e. The minimum absolute atomic E-state index is 0.0766. The Kier molecular flexibility index (Phi) is 5.68. The molecule has 1 rings (SSSR count). The van der Waals surface area contributed by atoms with Crippen LogP contribution < -0.4 is 0 Å². The molecule has 1 saturated heterocycles. The molecule has 2 nitrogen and oxygen atoms in total. The third-order valence-electron chi connectivity index (χ3n) is 5.00. The minimum Gasteiger partial charge on any atom is -0.546 e. The molecule has 0 aromatic heterocycles. The average Bonchev–Trinajstić information content (AvgIpc) is 2.91. The highest BCUT2D eigenvalue weighted by Gasteiger charge is 2.77. The van der Waals surface area contributed by atoms with Gasteiger partial charge in [0.2, 0.25) is 8.32 Å². The van der Waals surface area contributed by atoms with Crippen LogP contribution in [-0.4, -0.2) is 40.9 Å². The second-order valence-electron chi connectivity index (χ2n) is 12.9. The van der Waals surface area contributed by atoms with E-state index in [0.29, 0.717) is 0 Å². The number of allylic oxidation sites excluding steroid dienone is 1. The molecular formula is C19H45NOSi4. The maximum atomic E-state index is 6.85. The van der Waals surface area contributed by atoms with Gasteiger partial charge in [-0.2, -0.15) is 0 Å². The SMILES string of the molecule is CC(C)(C)/C(O[Si](C)(C)C)=C1\N(C(C)(C)C)[Si]1([Si](C)(C)C)[Si](C)(C)C. The average molecular weight is 416 g/mol. The van der Waals surface area contributed by atoms with E-state index in [1.807, 2.05) is 0 Å². The van der Waals surface area contributed by atoms with E-state index in [9.17, 15) is 0 Å². The Morgan fingerprint density at radius 2 is 1.12 bits per heavy atom. The zero-order valence-corrected chi connectivity index (χ0v) is 23.9. The number of hydrogen-bond donors (Lipinski definition) is 0. The molecule has 0 aliphatic carbocycles. The summed E-state index contributed by atoms with van der Waals surface area (Å²) in [6.07, 6.45) is 0. The highest BCUT2D eigenvalue weighted by molar-refractivity contribution is 7.74. The molecule has 148 valence electrons. The van der Waals surface area contributed by atoms with Gasteiger partial charge in [0.1, 0.15) is 5.76 Å². The van der Waals surface area contributed by atoms with E-state index < -0.39 is 30.8 Å². The van der Waals surface area contributed by atoms with Crippen molar-refractivity contribution in [1.29, 1.82) is 0 Å². The van der Waals surface area contributed by atoms with E-state index in [0.717, 1.165) is 0 Å². The summed E-state index contributed by atoms with van der Waals surface area (Å²) in [6, 6.07) is 0. The third kappa shape index (κ3) is 4.22. The van der Waals surface area contributed by atoms with Crippen molar-refractivity contribution in [2.75, 3.05) is 0 Å². The lowest BCUT2D eigenvalue weighted by atomic mass is 9.94. The lowest BCUT2D eigenvalue weighted by Crippen LogP contribution is -2.67. The summed E-state index contributed by atoms with van der Waals surface area (Å²) in [5, 5.41) is 1.70. The summed E-state index contributed by atoms with van der Waals surface area (Å²) >= 11 is 0. The summed E-state index contributed by atoms with van der Waals surface area (Å²) in [5.74, 6) is 1.35. The van der Waals surface area contributed by atoms with Crippen LogP contribution in [0.15, 0.2) is 11.1 Å². The van der Waals surface area contributed by atoms with Crippen LogP contribution >= 0.6 is 0 Å². The van der Waals surface area contributed by atoms with Crippen molar-refractivity contribution in [3.05, 3.63) is 11.1 Å². The van der Waals surface area contributed by atoms with Gasteiger partial charge in [-0.05, 0) is 40.4 Å². The molecule has 0 bridgehead atoms. The first-order valence-corrected chi connectivity index (χ1v) is 24.2. The Bertz CT molecular complexity index is 534. The zero-order chi connectivity index (χ0) is 20.4. The highest BCUT2D eigenvalue weighted by Crippen LogP contribution is 2.59. The first kappa shape index (κ1) is 23.2. The molecule has 0 unspecified atom stereocenters. The summed E-state index contributed by atoms with van der Waals surface area (Å²) in [4.78, 5) is 0. The number of hydrogen-bond acceptors (Lipinski definition) is 2. The first-order chi connectivity index (χ1) is 10.6. The molecule has 0 atom stereocenters. The standard InChI is InChI=1S/C19H45NOSi4/c1-18(2,3)16(21-22(7,8)9)17-20(19(4,5)6)25(17,23(10,11)12)24(13,14)15/h1-15H3/b17-16-. The van der Waals surface area contributed by atoms with Crippen molar-refractivity contribution in [2.45, 2.75) is 106 Å². The number of nitrogens with zero attached hydrogens (tertiary/aromatic N) is 1. The molecule has 1 aliphatic rings. The maximum absolute atomic E-state index is 6.85. The van der Waals surface area contributed by atoms with Crippen LogP contribution in [0.25, 0.3) is 0 Å². The minimum atomic E-state index is -1.65. The normalized spacial score (nSPS) is 21.3. The Balaban J connectivity index is 3.89. The molecule has 0 spiro atoms. The van der Waals surface area contributed by atoms with Gasteiger partial charge < -0.3 is 8.99 Å². The van der Waals surface area contributed by atoms with Gasteiger partial charge in [0, 0.05) is 16.3 Å². The lowest BCUT2D eigenvalue weighted by molar-refractivity contribution is 0.271. The van der Waals surface area contributed by atoms with Gasteiger partial charge in [0.15, 0.2) is 7.27 Å². The van der Waals surface area contributed by atoms with Crippen molar-refractivity contribution in [2.24, 2.45) is 5.41 Å². The molecule has 6 heteroatoms. The summed E-state index contributed by atoms with van der Waals surface area (Å²) in [7, 11) is -6.01. The van der Waals surface area contributed by atoms with Crippen molar-refractivity contribution >= 4 is 30.8 Å². The fourth-order valence-corrected chi connectivity index (χ4v) is 53.5. The summed E-state index contributed by atoms with van der Waals surface area (Å²) < 4.78 is 9.78. The fraction of sp³-hybridized carbons (Fsp3) is 0.895. The summed E-state index contributed by atoms with van der Waals surface area (Å²) in [6.45, 7) is 37.0. The van der Waals surface area contributed by atoms with Gasteiger partial charge in [-0.1, -0.05) is 60.1 Å². The van der Waals surface area contributed by atoms with Gasteiger partial charge >= 0.3 is 0 Å². The smallest absolute Gasteiger partial charge is 0.241 e. The van der Waals surface area contributed by atoms with Crippen LogP contribution in [0.2, 0.25) is 58.9 Å². The molecule has 0 amide bonds. The van der Waals surface area contributed by atoms with Crippen molar-refractivity contribution in [3.63, 3.8) is 0 Å². The third-order valence-corrected chi connectivity index (χ3v) is 41.9. The summed E-state index contributed by atoms with van der Waals surface area (Å²) in [5.41, 5.74) is 0.272. The fourth-order valence-electron chi connectivity index (χ4n) is 4.72. The molecular weight excluding hydrogens is 371 g/mol. The van der Waals surface area contributed by atoms with Gasteiger partial charge in [-0.25, -0.2) is 0 Å². The van der Waals surface area contributed by atoms with Crippen LogP contribution in [0.1, 0.15) is 41.5 Å². The molecule has 0 saturated carbocycles. The van der Waals surface area contributed by atoms with Crippen molar-refractivity contribution in [1.82, 2.24) is 4.57 Å². The van der Waals surface area contributed by atoms with E-state index >= 15 is 0 Å². The Hall–Kier alpha value is 0.208. The number of rotatable bonds is 4. The van der Waals surface area contributed by atoms with Gasteiger partial charge in [-0.3, -0.25) is 0 Å². The van der Waals surface area contributed by atoms with Gasteiger partial charge in [0.05, 0.1) is 15.2 Å². The van der Waals surface area contributed by atoms with Crippen LogP contribution in [0.4, 0.5) is 0 Å². The lowest BCUT2D eigenvalue weighted by Gasteiger charge is -2.40. The van der Waals surface area contributed by atoms with Crippen molar-refractivity contribution < 1.29 is 4.43 Å². The molecule has 1 fully saturated rings. The highest BCUT2D eigenvalue weighted by atomic mass is 29.7. The zero-order valence-electron chi connectivity index (χ0n) is 19.9. The Morgan fingerprint density at radius 1 is 0.760 bits per heavy atom. The molecule has 0 aromatic rings. The molecule has 1 heterocycles. The maximum Gasteiger partial charge on any atom is 0.241 e. The molecule has 25 heavy (non-hydrogen) atoms. The van der Waals surface area contributed by atoms with E-state index in [1.54, 1.807) is 5.32 Å². The van der Waals surface area contributed by atoms with Crippen LogP contribution in [0.3, 0.4) is 0 Å². The van der Waals surface area contributed by atoms with E-state index in [-0.39, 0.29) is 11.0 Å². The van der Waals surface area contributed by atoms with Crippen molar-refractivity contribution in [3.8, 4) is 0 Å². The Labute approximate surface area is 162 Å². The molecule has 0 radical (unpaired) electrons. The predicted molar refractivity (Wildman–Crippen MR) is 125 cm³/mol. The first-order valence-electron chi connectivity index (χ1n) is 9.83. The van der Waals surface area contributed by atoms with Crippen LogP contribution in [-0.2, 0) is 4.43 Å². The second-order valence-corrected chi connectivity index (χ2v) is 43.5. The second kappa shape index (κ2) is 6.11. The molecule has 0 aromatic carbocycles. The quantitative estimate of drug-likeness (QED) is 0.294. The van der Waals surface area contributed by atoms with E-state index in [2.05, 4.69) is 105 Å². The monoisotopic (exact) mass is 415 g/mol. The Morgan fingerprint density at radius 3 is 1.28 bits per heavy atom. The van der Waals surface area contributed by atoms with E-state index in [1.165, 1.54) is 5.76 Å². The molecule has 1 aliphatic heterocycles. The van der Waals surface area contributed by atoms with E-state index in [4.69, 9.17) is 4.43 Å². The van der Waals surface area contributed by atoms with Gasteiger partial charge in [-0.15, -0.1) is 0 Å². The topological polar surface area (TPSA) is 12.2 Å². The van der Waals surface area contributed by atoms with Gasteiger partial charge in [0.25, 0.3) is 0 Å². The van der Waals surface area contributed by atoms with Crippen LogP contribution in [0.5, 0.6) is 0 Å².